The summed E-state index contributed by atoms with van der Waals surface area (Å²) in [6, 6.07) is 4.11. The van der Waals surface area contributed by atoms with Gasteiger partial charge < -0.3 is 15.5 Å². The van der Waals surface area contributed by atoms with Crippen LogP contribution in [0.4, 0.5) is 5.69 Å². The van der Waals surface area contributed by atoms with E-state index in [0.29, 0.717) is 11.3 Å². The number of aryl methyl sites for hydroxylation is 1. The van der Waals surface area contributed by atoms with E-state index in [1.165, 1.54) is 24.4 Å². The normalized spacial score (nSPS) is 10.3. The van der Waals surface area contributed by atoms with Gasteiger partial charge in [0.1, 0.15) is 5.56 Å². The minimum atomic E-state index is -1.27. The minimum Gasteiger partial charge on any atom is -0.505 e. The zero-order valence-electron chi connectivity index (χ0n) is 10.9. The Hall–Kier alpha value is -2.83. The molecule has 3 N–H and O–H groups in total. The van der Waals surface area contributed by atoms with Gasteiger partial charge in [-0.1, -0.05) is 6.07 Å². The summed E-state index contributed by atoms with van der Waals surface area (Å²) in [5.74, 6) is -2.21. The number of aromatic carboxylic acids is 1. The Morgan fingerprint density at radius 2 is 2.00 bits per heavy atom. The van der Waals surface area contributed by atoms with Gasteiger partial charge in [-0.05, 0) is 19.1 Å². The van der Waals surface area contributed by atoms with Crippen LogP contribution in [0.3, 0.4) is 0 Å². The number of para-hydroxylation sites is 1. The van der Waals surface area contributed by atoms with Crippen LogP contribution in [-0.2, 0) is 7.05 Å². The summed E-state index contributed by atoms with van der Waals surface area (Å²) < 4.78 is 1.54. The molecule has 0 aliphatic rings. The standard InChI is InChI=1S/C13H13N3O4/c1-7-9(6-14-16(7)2)12(18)15-10-5-3-4-8(11(10)17)13(19)20/h3-6,17H,1-2H3,(H,15,18)(H,19,20). The van der Waals surface area contributed by atoms with Crippen LogP contribution in [0.1, 0.15) is 26.4 Å². The molecule has 1 heterocycles. The van der Waals surface area contributed by atoms with E-state index >= 15 is 0 Å². The first-order valence-electron chi connectivity index (χ1n) is 5.77. The Bertz CT molecular complexity index is 691. The largest absolute Gasteiger partial charge is 0.505 e. The number of phenols is 1. The lowest BCUT2D eigenvalue weighted by Crippen LogP contribution is -2.13. The number of anilines is 1. The van der Waals surface area contributed by atoms with Gasteiger partial charge in [0.25, 0.3) is 5.91 Å². The van der Waals surface area contributed by atoms with Gasteiger partial charge in [-0.25, -0.2) is 4.79 Å². The lowest BCUT2D eigenvalue weighted by Gasteiger charge is -2.08. The molecule has 0 unspecified atom stereocenters. The predicted octanol–water partition coefficient (Wildman–Crippen LogP) is 1.38. The summed E-state index contributed by atoms with van der Waals surface area (Å²) in [5, 5.41) is 25.1. The van der Waals surface area contributed by atoms with E-state index < -0.39 is 17.6 Å². The Morgan fingerprint density at radius 1 is 1.30 bits per heavy atom. The van der Waals surface area contributed by atoms with Gasteiger partial charge in [0.15, 0.2) is 5.75 Å². The number of benzene rings is 1. The molecule has 0 radical (unpaired) electrons. The second kappa shape index (κ2) is 5.04. The molecule has 0 aliphatic heterocycles. The highest BCUT2D eigenvalue weighted by atomic mass is 16.4. The van der Waals surface area contributed by atoms with E-state index in [2.05, 4.69) is 10.4 Å². The topological polar surface area (TPSA) is 104 Å². The summed E-state index contributed by atoms with van der Waals surface area (Å²) in [6.07, 6.45) is 1.41. The number of hydrogen-bond donors (Lipinski definition) is 3. The average Bonchev–Trinajstić information content (AvgIpc) is 2.72. The highest BCUT2D eigenvalue weighted by molar-refractivity contribution is 6.06. The van der Waals surface area contributed by atoms with Crippen LogP contribution in [0.2, 0.25) is 0 Å². The Kier molecular flexibility index (Phi) is 3.43. The molecule has 20 heavy (non-hydrogen) atoms. The van der Waals surface area contributed by atoms with Gasteiger partial charge in [-0.2, -0.15) is 5.10 Å². The maximum Gasteiger partial charge on any atom is 0.339 e. The molecule has 1 aromatic carbocycles. The third kappa shape index (κ3) is 2.33. The number of aromatic hydroxyl groups is 1. The van der Waals surface area contributed by atoms with Gasteiger partial charge in [0, 0.05) is 12.7 Å². The molecular weight excluding hydrogens is 262 g/mol. The molecule has 0 fully saturated rings. The molecule has 0 spiro atoms. The van der Waals surface area contributed by atoms with Crippen molar-refractivity contribution in [1.82, 2.24) is 9.78 Å². The van der Waals surface area contributed by atoms with Gasteiger partial charge in [-0.15, -0.1) is 0 Å². The number of carboxylic acid groups (broad SMARTS) is 1. The first-order valence-corrected chi connectivity index (χ1v) is 5.77. The third-order valence-electron chi connectivity index (χ3n) is 2.99. The molecule has 7 nitrogen and oxygen atoms in total. The van der Waals surface area contributed by atoms with E-state index in [4.69, 9.17) is 5.11 Å². The zero-order valence-corrected chi connectivity index (χ0v) is 10.9. The van der Waals surface area contributed by atoms with E-state index in [-0.39, 0.29) is 11.3 Å². The van der Waals surface area contributed by atoms with Gasteiger partial charge in [-0.3, -0.25) is 9.48 Å². The molecule has 0 saturated carbocycles. The molecule has 0 atom stereocenters. The quantitative estimate of drug-likeness (QED) is 0.734. The summed E-state index contributed by atoms with van der Waals surface area (Å²) in [5.41, 5.74) is 0.785. The van der Waals surface area contributed by atoms with Crippen LogP contribution >= 0.6 is 0 Å². The van der Waals surface area contributed by atoms with E-state index in [1.807, 2.05) is 0 Å². The van der Waals surface area contributed by atoms with Crippen molar-refractivity contribution in [2.24, 2.45) is 7.05 Å². The number of amides is 1. The molecule has 2 rings (SSSR count). The molecular formula is C13H13N3O4. The van der Waals surface area contributed by atoms with Crippen molar-refractivity contribution in [1.29, 1.82) is 0 Å². The maximum absolute atomic E-state index is 12.1. The molecule has 0 aliphatic carbocycles. The zero-order chi connectivity index (χ0) is 14.9. The fourth-order valence-corrected chi connectivity index (χ4v) is 1.73. The first kappa shape index (κ1) is 13.6. The van der Waals surface area contributed by atoms with Crippen LogP contribution in [0.15, 0.2) is 24.4 Å². The third-order valence-corrected chi connectivity index (χ3v) is 2.99. The van der Waals surface area contributed by atoms with Crippen LogP contribution in [-0.4, -0.2) is 31.9 Å². The molecule has 0 saturated heterocycles. The van der Waals surface area contributed by atoms with Crippen LogP contribution in [0, 0.1) is 6.92 Å². The first-order chi connectivity index (χ1) is 9.41. The molecule has 1 amide bonds. The Labute approximate surface area is 114 Å². The number of rotatable bonds is 3. The number of aromatic nitrogens is 2. The van der Waals surface area contributed by atoms with Gasteiger partial charge >= 0.3 is 5.97 Å². The molecule has 0 bridgehead atoms. The summed E-state index contributed by atoms with van der Waals surface area (Å²) in [6.45, 7) is 1.73. The van der Waals surface area contributed by atoms with Gasteiger partial charge in [0.2, 0.25) is 0 Å². The Balaban J connectivity index is 2.31. The van der Waals surface area contributed by atoms with E-state index in [1.54, 1.807) is 18.7 Å². The van der Waals surface area contributed by atoms with Crippen molar-refractivity contribution < 1.29 is 19.8 Å². The van der Waals surface area contributed by atoms with E-state index in [9.17, 15) is 14.7 Å². The highest BCUT2D eigenvalue weighted by Crippen LogP contribution is 2.28. The van der Waals surface area contributed by atoms with Crippen molar-refractivity contribution in [3.63, 3.8) is 0 Å². The van der Waals surface area contributed by atoms with Crippen LogP contribution in [0.5, 0.6) is 5.75 Å². The van der Waals surface area contributed by atoms with Crippen molar-refractivity contribution in [3.05, 3.63) is 41.2 Å². The smallest absolute Gasteiger partial charge is 0.339 e. The number of nitrogens with one attached hydrogen (secondary N) is 1. The molecule has 7 heteroatoms. The average molecular weight is 275 g/mol. The maximum atomic E-state index is 12.1. The Morgan fingerprint density at radius 3 is 2.55 bits per heavy atom. The van der Waals surface area contributed by atoms with Gasteiger partial charge in [0.05, 0.1) is 17.4 Å². The summed E-state index contributed by atoms with van der Waals surface area (Å²) >= 11 is 0. The fourth-order valence-electron chi connectivity index (χ4n) is 1.73. The summed E-state index contributed by atoms with van der Waals surface area (Å²) in [7, 11) is 1.70. The van der Waals surface area contributed by atoms with Crippen LogP contribution < -0.4 is 5.32 Å². The number of nitrogens with zero attached hydrogens (tertiary/aromatic N) is 2. The van der Waals surface area contributed by atoms with Crippen molar-refractivity contribution in [2.45, 2.75) is 6.92 Å². The monoisotopic (exact) mass is 275 g/mol. The SMILES string of the molecule is Cc1c(C(=O)Nc2cccc(C(=O)O)c2O)cnn1C. The second-order valence-electron chi connectivity index (χ2n) is 4.23. The lowest BCUT2D eigenvalue weighted by atomic mass is 10.1. The minimum absolute atomic E-state index is 0.0400. The number of carbonyl (C=O) groups excluding carboxylic acids is 1. The molecule has 2 aromatic rings. The lowest BCUT2D eigenvalue weighted by molar-refractivity contribution is 0.0693. The van der Waals surface area contributed by atoms with Crippen molar-refractivity contribution in [2.75, 3.05) is 5.32 Å². The van der Waals surface area contributed by atoms with Crippen molar-refractivity contribution in [3.8, 4) is 5.75 Å². The number of hydrogen-bond acceptors (Lipinski definition) is 4. The predicted molar refractivity (Wildman–Crippen MR) is 71.0 cm³/mol. The number of carbonyl (C=O) groups is 2. The fraction of sp³-hybridized carbons (Fsp3) is 0.154. The highest BCUT2D eigenvalue weighted by Gasteiger charge is 2.17. The van der Waals surface area contributed by atoms with Crippen molar-refractivity contribution >= 4 is 17.6 Å². The number of carboxylic acids is 1. The van der Waals surface area contributed by atoms with E-state index in [0.717, 1.165) is 0 Å². The second-order valence-corrected chi connectivity index (χ2v) is 4.23. The summed E-state index contributed by atoms with van der Waals surface area (Å²) in [4.78, 5) is 23.0. The molecule has 1 aromatic heterocycles. The van der Waals surface area contributed by atoms with Crippen LogP contribution in [0.25, 0.3) is 0 Å². The molecule has 104 valence electrons.